The average molecular weight is 297 g/mol. The molecule has 0 fully saturated rings. The van der Waals surface area contributed by atoms with Crippen LogP contribution < -0.4 is 5.73 Å². The number of Topliss-reactive ketones (excluding diaryl/α,β-unsaturated/α-hetero) is 1. The fourth-order valence-electron chi connectivity index (χ4n) is 1.86. The van der Waals surface area contributed by atoms with Crippen molar-refractivity contribution in [3.63, 3.8) is 0 Å². The summed E-state index contributed by atoms with van der Waals surface area (Å²) < 4.78 is 50.8. The van der Waals surface area contributed by atoms with E-state index in [-0.39, 0.29) is 23.2 Å². The number of ketones is 1. The molecule has 2 nitrogen and oxygen atoms in total. The molecule has 0 atom stereocenters. The van der Waals surface area contributed by atoms with E-state index >= 15 is 0 Å². The van der Waals surface area contributed by atoms with E-state index in [0.717, 1.165) is 18.2 Å². The van der Waals surface area contributed by atoms with Gasteiger partial charge in [-0.25, -0.2) is 4.39 Å². The van der Waals surface area contributed by atoms with Gasteiger partial charge < -0.3 is 5.73 Å². The van der Waals surface area contributed by atoms with E-state index in [1.807, 2.05) is 0 Å². The molecule has 0 saturated heterocycles. The highest BCUT2D eigenvalue weighted by atomic mass is 19.4. The molecule has 0 bridgehead atoms. The van der Waals surface area contributed by atoms with E-state index in [2.05, 4.69) is 0 Å². The maximum Gasteiger partial charge on any atom is 0.416 e. The van der Waals surface area contributed by atoms with Gasteiger partial charge in [-0.2, -0.15) is 13.2 Å². The minimum Gasteiger partial charge on any atom is -0.396 e. The van der Waals surface area contributed by atoms with E-state index in [1.165, 1.54) is 24.3 Å². The smallest absolute Gasteiger partial charge is 0.396 e. The van der Waals surface area contributed by atoms with Gasteiger partial charge in [0.25, 0.3) is 0 Å². The molecule has 0 saturated carbocycles. The zero-order valence-corrected chi connectivity index (χ0v) is 10.7. The second-order valence-corrected chi connectivity index (χ2v) is 4.53. The van der Waals surface area contributed by atoms with Crippen molar-refractivity contribution < 1.29 is 22.4 Å². The molecule has 0 unspecified atom stereocenters. The minimum atomic E-state index is -4.46. The third kappa shape index (κ3) is 3.59. The van der Waals surface area contributed by atoms with Gasteiger partial charge >= 0.3 is 6.18 Å². The first kappa shape index (κ1) is 15.0. The van der Waals surface area contributed by atoms with Gasteiger partial charge in [0.1, 0.15) is 5.82 Å². The van der Waals surface area contributed by atoms with Crippen molar-refractivity contribution in [3.05, 3.63) is 65.0 Å². The van der Waals surface area contributed by atoms with Crippen molar-refractivity contribution in [2.45, 2.75) is 12.6 Å². The lowest BCUT2D eigenvalue weighted by atomic mass is 10.0. The average Bonchev–Trinajstić information content (AvgIpc) is 2.41. The SMILES string of the molecule is Nc1cc(C(=O)Cc2cccc(C(F)(F)F)c2)ccc1F. The zero-order chi connectivity index (χ0) is 15.6. The number of alkyl halides is 3. The van der Waals surface area contributed by atoms with Crippen LogP contribution in [-0.2, 0) is 12.6 Å². The molecule has 0 aromatic heterocycles. The molecule has 2 aromatic rings. The number of carbonyl (C=O) groups is 1. The number of rotatable bonds is 3. The summed E-state index contributed by atoms with van der Waals surface area (Å²) in [6, 6.07) is 8.00. The normalized spacial score (nSPS) is 11.4. The van der Waals surface area contributed by atoms with E-state index in [1.54, 1.807) is 0 Å². The molecular weight excluding hydrogens is 286 g/mol. The largest absolute Gasteiger partial charge is 0.416 e. The van der Waals surface area contributed by atoms with Crippen LogP contribution in [0, 0.1) is 5.82 Å². The Morgan fingerprint density at radius 2 is 1.81 bits per heavy atom. The number of carbonyl (C=O) groups excluding carboxylic acids is 1. The molecule has 2 rings (SSSR count). The Morgan fingerprint density at radius 3 is 2.43 bits per heavy atom. The summed E-state index contributed by atoms with van der Waals surface area (Å²) >= 11 is 0. The lowest BCUT2D eigenvalue weighted by Crippen LogP contribution is -2.08. The predicted octanol–water partition coefficient (Wildman–Crippen LogP) is 3.85. The van der Waals surface area contributed by atoms with Gasteiger partial charge in [0.05, 0.1) is 11.3 Å². The Hall–Kier alpha value is -2.37. The molecule has 6 heteroatoms. The number of nitrogens with two attached hydrogens (primary N) is 1. The Bertz CT molecular complexity index is 680. The van der Waals surface area contributed by atoms with Crippen LogP contribution in [0.2, 0.25) is 0 Å². The molecule has 0 aliphatic carbocycles. The Balaban J connectivity index is 2.21. The van der Waals surface area contributed by atoms with Crippen molar-refractivity contribution in [1.82, 2.24) is 0 Å². The van der Waals surface area contributed by atoms with Crippen LogP contribution in [0.25, 0.3) is 0 Å². The molecule has 2 aromatic carbocycles. The van der Waals surface area contributed by atoms with Gasteiger partial charge in [0, 0.05) is 12.0 Å². The number of hydrogen-bond acceptors (Lipinski definition) is 2. The number of benzene rings is 2. The quantitative estimate of drug-likeness (QED) is 0.531. The second kappa shape index (κ2) is 5.55. The van der Waals surface area contributed by atoms with Crippen LogP contribution in [0.3, 0.4) is 0 Å². The van der Waals surface area contributed by atoms with Crippen LogP contribution in [0.5, 0.6) is 0 Å². The van der Waals surface area contributed by atoms with Crippen molar-refractivity contribution in [3.8, 4) is 0 Å². The highest BCUT2D eigenvalue weighted by Crippen LogP contribution is 2.29. The lowest BCUT2D eigenvalue weighted by Gasteiger charge is -2.08. The molecule has 0 heterocycles. The summed E-state index contributed by atoms with van der Waals surface area (Å²) in [4.78, 5) is 12.0. The summed E-state index contributed by atoms with van der Waals surface area (Å²) in [5, 5.41) is 0. The molecular formula is C15H11F4NO. The Labute approximate surface area is 118 Å². The molecule has 21 heavy (non-hydrogen) atoms. The second-order valence-electron chi connectivity index (χ2n) is 4.53. The van der Waals surface area contributed by atoms with Crippen LogP contribution in [-0.4, -0.2) is 5.78 Å². The van der Waals surface area contributed by atoms with Crippen molar-refractivity contribution >= 4 is 11.5 Å². The molecule has 0 aliphatic heterocycles. The number of anilines is 1. The molecule has 2 N–H and O–H groups in total. The molecule has 0 spiro atoms. The standard InChI is InChI=1S/C15H11F4NO/c16-12-5-4-10(8-13(12)20)14(21)7-9-2-1-3-11(6-9)15(17,18)19/h1-6,8H,7,20H2. The van der Waals surface area contributed by atoms with Gasteiger partial charge in [-0.1, -0.05) is 18.2 Å². The first-order valence-corrected chi connectivity index (χ1v) is 6.02. The fraction of sp³-hybridized carbons (Fsp3) is 0.133. The number of halogens is 4. The Morgan fingerprint density at radius 1 is 1.10 bits per heavy atom. The van der Waals surface area contributed by atoms with Crippen LogP contribution >= 0.6 is 0 Å². The van der Waals surface area contributed by atoms with Crippen LogP contribution in [0.4, 0.5) is 23.2 Å². The van der Waals surface area contributed by atoms with Gasteiger partial charge in [-0.05, 0) is 29.8 Å². The highest BCUT2D eigenvalue weighted by Gasteiger charge is 2.30. The lowest BCUT2D eigenvalue weighted by molar-refractivity contribution is -0.137. The van der Waals surface area contributed by atoms with Gasteiger partial charge in [0.15, 0.2) is 5.78 Å². The molecule has 0 aliphatic rings. The summed E-state index contributed by atoms with van der Waals surface area (Å²) in [6.45, 7) is 0. The number of nitrogen functional groups attached to an aromatic ring is 1. The molecule has 0 amide bonds. The third-order valence-corrected chi connectivity index (χ3v) is 2.94. The summed E-state index contributed by atoms with van der Waals surface area (Å²) in [5.74, 6) is -1.08. The number of hydrogen-bond donors (Lipinski definition) is 1. The molecule has 110 valence electrons. The summed E-state index contributed by atoms with van der Waals surface area (Å²) in [5.41, 5.74) is 4.76. The topological polar surface area (TPSA) is 43.1 Å². The van der Waals surface area contributed by atoms with Crippen molar-refractivity contribution in [2.24, 2.45) is 0 Å². The van der Waals surface area contributed by atoms with Crippen molar-refractivity contribution in [1.29, 1.82) is 0 Å². The van der Waals surface area contributed by atoms with E-state index in [9.17, 15) is 22.4 Å². The third-order valence-electron chi connectivity index (χ3n) is 2.94. The van der Waals surface area contributed by atoms with Crippen LogP contribution in [0.1, 0.15) is 21.5 Å². The van der Waals surface area contributed by atoms with Gasteiger partial charge in [0.2, 0.25) is 0 Å². The van der Waals surface area contributed by atoms with Gasteiger partial charge in [-0.3, -0.25) is 4.79 Å². The zero-order valence-electron chi connectivity index (χ0n) is 10.7. The Kier molecular flexibility index (Phi) is 3.97. The minimum absolute atomic E-state index is 0.159. The maximum atomic E-state index is 13.0. The predicted molar refractivity (Wildman–Crippen MR) is 70.3 cm³/mol. The summed E-state index contributed by atoms with van der Waals surface area (Å²) in [7, 11) is 0. The maximum absolute atomic E-state index is 13.0. The summed E-state index contributed by atoms with van der Waals surface area (Å²) in [6.07, 6.45) is -4.67. The van der Waals surface area contributed by atoms with E-state index in [4.69, 9.17) is 5.73 Å². The fourth-order valence-corrected chi connectivity index (χ4v) is 1.86. The first-order chi connectivity index (χ1) is 9.77. The highest BCUT2D eigenvalue weighted by molar-refractivity contribution is 5.98. The monoisotopic (exact) mass is 297 g/mol. The van der Waals surface area contributed by atoms with Crippen molar-refractivity contribution in [2.75, 3.05) is 5.73 Å². The molecule has 0 radical (unpaired) electrons. The van der Waals surface area contributed by atoms with Gasteiger partial charge in [-0.15, -0.1) is 0 Å². The van der Waals surface area contributed by atoms with Crippen LogP contribution in [0.15, 0.2) is 42.5 Å². The van der Waals surface area contributed by atoms with E-state index < -0.39 is 23.3 Å². The van der Waals surface area contributed by atoms with E-state index in [0.29, 0.717) is 0 Å². The first-order valence-electron chi connectivity index (χ1n) is 6.02.